The van der Waals surface area contributed by atoms with Crippen molar-refractivity contribution in [3.8, 4) is 5.69 Å². The lowest BCUT2D eigenvalue weighted by Crippen LogP contribution is -2.39. The van der Waals surface area contributed by atoms with Gasteiger partial charge in [0.2, 0.25) is 0 Å². The molecule has 118 valence electrons. The van der Waals surface area contributed by atoms with Crippen LogP contribution in [0.4, 0.5) is 0 Å². The number of aromatic nitrogens is 3. The van der Waals surface area contributed by atoms with Gasteiger partial charge in [-0.05, 0) is 36.1 Å². The van der Waals surface area contributed by atoms with E-state index >= 15 is 0 Å². The fourth-order valence-electron chi connectivity index (χ4n) is 1.98. The molecule has 0 saturated heterocycles. The molecule has 6 nitrogen and oxygen atoms in total. The number of rotatable bonds is 4. The molecular weight excluding hydrogens is 280 g/mol. The molecular formula is C16H22N4O2. The third-order valence-corrected chi connectivity index (χ3v) is 3.59. The average Bonchev–Trinajstić information content (AvgIpc) is 2.97. The van der Waals surface area contributed by atoms with Crippen LogP contribution in [-0.2, 0) is 0 Å². The summed E-state index contributed by atoms with van der Waals surface area (Å²) in [6, 6.07) is 5.45. The summed E-state index contributed by atoms with van der Waals surface area (Å²) in [4.78, 5) is 16.1. The summed E-state index contributed by atoms with van der Waals surface area (Å²) in [5, 5.41) is 16.8. The molecule has 1 amide bonds. The van der Waals surface area contributed by atoms with Crippen LogP contribution in [-0.4, -0.2) is 38.4 Å². The molecule has 6 heteroatoms. The minimum absolute atomic E-state index is 0.189. The van der Waals surface area contributed by atoms with Gasteiger partial charge in [-0.15, -0.1) is 0 Å². The molecule has 1 aromatic heterocycles. The molecule has 1 unspecified atom stereocenters. The van der Waals surface area contributed by atoms with Crippen molar-refractivity contribution >= 4 is 5.91 Å². The zero-order valence-corrected chi connectivity index (χ0v) is 13.4. The van der Waals surface area contributed by atoms with Gasteiger partial charge >= 0.3 is 0 Å². The second kappa shape index (κ2) is 6.27. The number of aliphatic hydroxyl groups is 1. The molecule has 2 rings (SSSR count). The van der Waals surface area contributed by atoms with Gasteiger partial charge < -0.3 is 10.4 Å². The Morgan fingerprint density at radius 1 is 1.41 bits per heavy atom. The summed E-state index contributed by atoms with van der Waals surface area (Å²) in [7, 11) is 0. The van der Waals surface area contributed by atoms with Crippen LogP contribution < -0.4 is 5.32 Å². The topological polar surface area (TPSA) is 80.0 Å². The maximum atomic E-state index is 12.2. The van der Waals surface area contributed by atoms with Gasteiger partial charge in [0.25, 0.3) is 5.91 Å². The molecule has 0 aliphatic rings. The second-order valence-electron chi connectivity index (χ2n) is 6.43. The maximum Gasteiger partial charge on any atom is 0.251 e. The summed E-state index contributed by atoms with van der Waals surface area (Å²) in [5.74, 6) is -0.189. The number of carbonyl (C=O) groups excluding carboxylic acids is 1. The summed E-state index contributed by atoms with van der Waals surface area (Å²) in [6.07, 6.45) is 2.48. The van der Waals surface area contributed by atoms with Crippen LogP contribution in [0.25, 0.3) is 5.69 Å². The third-order valence-electron chi connectivity index (χ3n) is 3.59. The second-order valence-corrected chi connectivity index (χ2v) is 6.43. The molecule has 0 fully saturated rings. The Kier molecular flexibility index (Phi) is 4.61. The van der Waals surface area contributed by atoms with Crippen molar-refractivity contribution in [1.29, 1.82) is 0 Å². The van der Waals surface area contributed by atoms with Crippen LogP contribution in [0.5, 0.6) is 0 Å². The van der Waals surface area contributed by atoms with Gasteiger partial charge in [0.05, 0.1) is 11.8 Å². The van der Waals surface area contributed by atoms with Gasteiger partial charge in [0.1, 0.15) is 12.7 Å². The fraction of sp³-hybridized carbons (Fsp3) is 0.438. The highest BCUT2D eigenvalue weighted by molar-refractivity contribution is 5.95. The average molecular weight is 302 g/mol. The standard InChI is InChI=1S/C16H22N4O2/c1-11-7-12(20-10-17-9-19-20)5-6-13(11)15(22)18-8-14(21)16(2,3)4/h5-7,9-10,14,21H,8H2,1-4H3,(H,18,22). The van der Waals surface area contributed by atoms with Crippen LogP contribution >= 0.6 is 0 Å². The highest BCUT2D eigenvalue weighted by Gasteiger charge is 2.22. The number of aliphatic hydroxyl groups excluding tert-OH is 1. The highest BCUT2D eigenvalue weighted by Crippen LogP contribution is 2.18. The quantitative estimate of drug-likeness (QED) is 0.901. The lowest BCUT2D eigenvalue weighted by molar-refractivity contribution is 0.0586. The largest absolute Gasteiger partial charge is 0.391 e. The number of benzene rings is 1. The molecule has 0 aliphatic heterocycles. The molecule has 0 aliphatic carbocycles. The first kappa shape index (κ1) is 16.2. The van der Waals surface area contributed by atoms with E-state index < -0.39 is 6.10 Å². The van der Waals surface area contributed by atoms with E-state index in [-0.39, 0.29) is 17.9 Å². The first-order valence-corrected chi connectivity index (χ1v) is 7.21. The summed E-state index contributed by atoms with van der Waals surface area (Å²) < 4.78 is 1.64. The summed E-state index contributed by atoms with van der Waals surface area (Å²) >= 11 is 0. The Hall–Kier alpha value is -2.21. The minimum atomic E-state index is -0.592. The van der Waals surface area contributed by atoms with Crippen LogP contribution in [0.15, 0.2) is 30.9 Å². The van der Waals surface area contributed by atoms with Crippen molar-refractivity contribution in [2.75, 3.05) is 6.54 Å². The van der Waals surface area contributed by atoms with E-state index in [1.807, 2.05) is 39.8 Å². The van der Waals surface area contributed by atoms with Gasteiger partial charge in [-0.2, -0.15) is 5.10 Å². The maximum absolute atomic E-state index is 12.2. The monoisotopic (exact) mass is 302 g/mol. The normalized spacial score (nSPS) is 13.0. The Balaban J connectivity index is 2.08. The number of amides is 1. The van der Waals surface area contributed by atoms with Gasteiger partial charge in [-0.25, -0.2) is 9.67 Å². The SMILES string of the molecule is Cc1cc(-n2cncn2)ccc1C(=O)NCC(O)C(C)(C)C. The summed E-state index contributed by atoms with van der Waals surface area (Å²) in [6.45, 7) is 7.90. The Morgan fingerprint density at radius 2 is 2.14 bits per heavy atom. The molecule has 22 heavy (non-hydrogen) atoms. The Bertz CT molecular complexity index is 645. The van der Waals surface area contributed by atoms with Gasteiger partial charge in [-0.3, -0.25) is 4.79 Å². The number of carbonyl (C=O) groups is 1. The highest BCUT2D eigenvalue weighted by atomic mass is 16.3. The van der Waals surface area contributed by atoms with Crippen molar-refractivity contribution in [1.82, 2.24) is 20.1 Å². The number of aryl methyl sites for hydroxylation is 1. The van der Waals surface area contributed by atoms with E-state index in [4.69, 9.17) is 0 Å². The molecule has 1 aromatic carbocycles. The predicted octanol–water partition coefficient (Wildman–Crippen LogP) is 1.71. The third kappa shape index (κ3) is 3.71. The van der Waals surface area contributed by atoms with E-state index in [1.165, 1.54) is 6.33 Å². The minimum Gasteiger partial charge on any atom is -0.391 e. The number of nitrogens with one attached hydrogen (secondary N) is 1. The molecule has 1 heterocycles. The Morgan fingerprint density at radius 3 is 2.68 bits per heavy atom. The lowest BCUT2D eigenvalue weighted by Gasteiger charge is -2.26. The van der Waals surface area contributed by atoms with Crippen molar-refractivity contribution in [2.24, 2.45) is 5.41 Å². The van der Waals surface area contributed by atoms with E-state index in [1.54, 1.807) is 17.1 Å². The van der Waals surface area contributed by atoms with Crippen LogP contribution in [0, 0.1) is 12.3 Å². The van der Waals surface area contributed by atoms with Crippen LogP contribution in [0.3, 0.4) is 0 Å². The van der Waals surface area contributed by atoms with Gasteiger partial charge in [-0.1, -0.05) is 20.8 Å². The van der Waals surface area contributed by atoms with Crippen molar-refractivity contribution in [2.45, 2.75) is 33.8 Å². The predicted molar refractivity (Wildman–Crippen MR) is 83.9 cm³/mol. The number of hydrogen-bond donors (Lipinski definition) is 2. The first-order valence-electron chi connectivity index (χ1n) is 7.21. The smallest absolute Gasteiger partial charge is 0.251 e. The van der Waals surface area contributed by atoms with Gasteiger partial charge in [0.15, 0.2) is 0 Å². The zero-order valence-electron chi connectivity index (χ0n) is 13.4. The Labute approximate surface area is 130 Å². The van der Waals surface area contributed by atoms with Crippen molar-refractivity contribution in [3.05, 3.63) is 42.0 Å². The zero-order chi connectivity index (χ0) is 16.3. The molecule has 0 saturated carbocycles. The lowest BCUT2D eigenvalue weighted by atomic mass is 9.89. The molecule has 0 spiro atoms. The number of hydrogen-bond acceptors (Lipinski definition) is 4. The van der Waals surface area contributed by atoms with Gasteiger partial charge in [0, 0.05) is 12.1 Å². The first-order chi connectivity index (χ1) is 10.3. The van der Waals surface area contributed by atoms with E-state index in [2.05, 4.69) is 15.4 Å². The molecule has 2 N–H and O–H groups in total. The molecule has 2 aromatic rings. The van der Waals surface area contributed by atoms with Crippen molar-refractivity contribution in [3.63, 3.8) is 0 Å². The van der Waals surface area contributed by atoms with Crippen molar-refractivity contribution < 1.29 is 9.90 Å². The van der Waals surface area contributed by atoms with E-state index in [9.17, 15) is 9.90 Å². The van der Waals surface area contributed by atoms with E-state index in [0.29, 0.717) is 5.56 Å². The molecule has 1 atom stereocenters. The summed E-state index contributed by atoms with van der Waals surface area (Å²) in [5.41, 5.74) is 2.02. The number of nitrogens with zero attached hydrogens (tertiary/aromatic N) is 3. The molecule has 0 bridgehead atoms. The van der Waals surface area contributed by atoms with Crippen LogP contribution in [0.2, 0.25) is 0 Å². The van der Waals surface area contributed by atoms with Crippen LogP contribution in [0.1, 0.15) is 36.7 Å². The molecule has 0 radical (unpaired) electrons. The van der Waals surface area contributed by atoms with E-state index in [0.717, 1.165) is 11.3 Å². The fourth-order valence-corrected chi connectivity index (χ4v) is 1.98.